The molecule has 0 amide bonds. The highest BCUT2D eigenvalue weighted by molar-refractivity contribution is 7.80. The van der Waals surface area contributed by atoms with Crippen molar-refractivity contribution in [2.75, 3.05) is 32.5 Å². The summed E-state index contributed by atoms with van der Waals surface area (Å²) < 4.78 is 0. The molecule has 124 valence electrons. The van der Waals surface area contributed by atoms with E-state index in [-0.39, 0.29) is 0 Å². The maximum atomic E-state index is 5.67. The maximum absolute atomic E-state index is 5.67. The van der Waals surface area contributed by atoms with E-state index in [2.05, 4.69) is 73.9 Å². The van der Waals surface area contributed by atoms with Crippen LogP contribution in [0, 0.1) is 13.8 Å². The number of aryl methyl sites for hydroxylation is 2. The Morgan fingerprint density at radius 3 is 2.61 bits per heavy atom. The van der Waals surface area contributed by atoms with Crippen LogP contribution in [0.1, 0.15) is 16.0 Å². The molecule has 0 saturated heterocycles. The van der Waals surface area contributed by atoms with Crippen molar-refractivity contribution < 1.29 is 4.90 Å². The zero-order chi connectivity index (χ0) is 16.8. The van der Waals surface area contributed by atoms with Gasteiger partial charge in [-0.1, -0.05) is 12.1 Å². The fourth-order valence-corrected chi connectivity index (χ4v) is 3.22. The topological polar surface area (TPSA) is 19.7 Å². The first-order chi connectivity index (χ1) is 11.0. The molecule has 1 aromatic heterocycles. The summed E-state index contributed by atoms with van der Waals surface area (Å²) in [6.45, 7) is 7.11. The van der Waals surface area contributed by atoms with Gasteiger partial charge in [0.15, 0.2) is 5.11 Å². The van der Waals surface area contributed by atoms with Gasteiger partial charge in [0, 0.05) is 10.6 Å². The number of benzene rings is 1. The molecule has 3 nitrogen and oxygen atoms in total. The summed E-state index contributed by atoms with van der Waals surface area (Å²) in [5.41, 5.74) is 3.64. The lowest BCUT2D eigenvalue weighted by Gasteiger charge is -2.26. The lowest BCUT2D eigenvalue weighted by atomic mass is 10.1. The largest absolute Gasteiger partial charge is 0.338 e. The van der Waals surface area contributed by atoms with Gasteiger partial charge in [-0.3, -0.25) is 0 Å². The molecule has 5 heteroatoms. The van der Waals surface area contributed by atoms with Crippen molar-refractivity contribution in [1.82, 2.24) is 4.90 Å². The predicted molar refractivity (Wildman–Crippen MR) is 105 cm³/mol. The number of likely N-dealkylation sites (N-methyl/N-ethyl adjacent to an activating group) is 1. The lowest BCUT2D eigenvalue weighted by Crippen LogP contribution is -3.06. The highest BCUT2D eigenvalue weighted by Crippen LogP contribution is 2.16. The van der Waals surface area contributed by atoms with Crippen LogP contribution in [0.5, 0.6) is 0 Å². The Balaban J connectivity index is 2.06. The van der Waals surface area contributed by atoms with Gasteiger partial charge in [0.1, 0.15) is 0 Å². The first kappa shape index (κ1) is 17.9. The van der Waals surface area contributed by atoms with Gasteiger partial charge in [-0.15, -0.1) is 11.3 Å². The van der Waals surface area contributed by atoms with Gasteiger partial charge in [-0.2, -0.15) is 0 Å². The highest BCUT2D eigenvalue weighted by Gasteiger charge is 2.13. The molecule has 23 heavy (non-hydrogen) atoms. The summed E-state index contributed by atoms with van der Waals surface area (Å²) in [4.78, 5) is 5.02. The van der Waals surface area contributed by atoms with E-state index in [1.54, 1.807) is 11.3 Å². The standard InChI is InChI=1S/C18H25N3S2/c1-14-7-8-16(12-15(14)2)19-18(22)21(10-9-20(3)4)13-17-6-5-11-23-17/h5-8,11-12H,9-10,13H2,1-4H3,(H,19,22)/p+1. The summed E-state index contributed by atoms with van der Waals surface area (Å²) in [6, 6.07) is 10.6. The molecule has 2 aromatic rings. The second kappa shape index (κ2) is 8.43. The third-order valence-electron chi connectivity index (χ3n) is 3.85. The van der Waals surface area contributed by atoms with Crippen LogP contribution >= 0.6 is 23.6 Å². The van der Waals surface area contributed by atoms with Crippen molar-refractivity contribution in [3.63, 3.8) is 0 Å². The van der Waals surface area contributed by atoms with Crippen LogP contribution in [0.4, 0.5) is 5.69 Å². The molecule has 0 bridgehead atoms. The molecule has 0 fully saturated rings. The van der Waals surface area contributed by atoms with Gasteiger partial charge in [0.25, 0.3) is 0 Å². The van der Waals surface area contributed by atoms with Gasteiger partial charge in [0.2, 0.25) is 0 Å². The van der Waals surface area contributed by atoms with Crippen LogP contribution < -0.4 is 10.2 Å². The fourth-order valence-electron chi connectivity index (χ4n) is 2.22. The Morgan fingerprint density at radius 2 is 2.00 bits per heavy atom. The Morgan fingerprint density at radius 1 is 1.22 bits per heavy atom. The molecule has 1 heterocycles. The van der Waals surface area contributed by atoms with Gasteiger partial charge in [-0.05, 0) is 60.8 Å². The molecule has 2 rings (SSSR count). The average molecular weight is 349 g/mol. The number of quaternary nitrogens is 1. The quantitative estimate of drug-likeness (QED) is 0.783. The number of hydrogen-bond acceptors (Lipinski definition) is 2. The Bertz CT molecular complexity index is 636. The molecule has 0 atom stereocenters. The van der Waals surface area contributed by atoms with E-state index >= 15 is 0 Å². The predicted octanol–water partition coefficient (Wildman–Crippen LogP) is 2.71. The molecule has 0 unspecified atom stereocenters. The van der Waals surface area contributed by atoms with Gasteiger partial charge >= 0.3 is 0 Å². The van der Waals surface area contributed by atoms with Crippen LogP contribution in [0.3, 0.4) is 0 Å². The van der Waals surface area contributed by atoms with Crippen LogP contribution in [-0.2, 0) is 6.54 Å². The molecule has 0 saturated carbocycles. The minimum Gasteiger partial charge on any atom is -0.338 e. The Labute approximate surface area is 148 Å². The monoisotopic (exact) mass is 348 g/mol. The van der Waals surface area contributed by atoms with Crippen LogP contribution in [0.2, 0.25) is 0 Å². The smallest absolute Gasteiger partial charge is 0.173 e. The van der Waals surface area contributed by atoms with Gasteiger partial charge in [-0.25, -0.2) is 0 Å². The Kier molecular flexibility index (Phi) is 6.57. The molecular weight excluding hydrogens is 322 g/mol. The molecular formula is C18H26N3S2+. The summed E-state index contributed by atoms with van der Waals surface area (Å²) in [7, 11) is 4.34. The normalized spacial score (nSPS) is 10.8. The number of anilines is 1. The van der Waals surface area contributed by atoms with Crippen molar-refractivity contribution in [2.45, 2.75) is 20.4 Å². The van der Waals surface area contributed by atoms with Crippen molar-refractivity contribution in [3.8, 4) is 0 Å². The molecule has 0 aliphatic heterocycles. The van der Waals surface area contributed by atoms with Crippen LogP contribution in [-0.4, -0.2) is 37.2 Å². The van der Waals surface area contributed by atoms with Crippen LogP contribution in [0.25, 0.3) is 0 Å². The highest BCUT2D eigenvalue weighted by atomic mass is 32.1. The Hall–Kier alpha value is -1.43. The van der Waals surface area contributed by atoms with Gasteiger partial charge < -0.3 is 15.1 Å². The fraction of sp³-hybridized carbons (Fsp3) is 0.389. The second-order valence-corrected chi connectivity index (χ2v) is 7.61. The van der Waals surface area contributed by atoms with Crippen LogP contribution in [0.15, 0.2) is 35.7 Å². The number of hydrogen-bond donors (Lipinski definition) is 2. The maximum Gasteiger partial charge on any atom is 0.173 e. The molecule has 0 spiro atoms. The molecule has 0 radical (unpaired) electrons. The number of nitrogens with one attached hydrogen (secondary N) is 2. The van der Waals surface area contributed by atoms with E-state index in [0.717, 1.165) is 30.4 Å². The van der Waals surface area contributed by atoms with Crippen molar-refractivity contribution >= 4 is 34.4 Å². The minimum atomic E-state index is 0.794. The van der Waals surface area contributed by atoms with Gasteiger partial charge in [0.05, 0.1) is 33.7 Å². The summed E-state index contributed by atoms with van der Waals surface area (Å²) in [5.74, 6) is 0. The third kappa shape index (κ3) is 5.61. The lowest BCUT2D eigenvalue weighted by molar-refractivity contribution is -0.857. The second-order valence-electron chi connectivity index (χ2n) is 6.19. The zero-order valence-corrected chi connectivity index (χ0v) is 16.0. The number of rotatable bonds is 6. The molecule has 0 aliphatic rings. The summed E-state index contributed by atoms with van der Waals surface area (Å²) in [5, 5.41) is 6.31. The number of thiophene rings is 1. The van der Waals surface area contributed by atoms with E-state index in [9.17, 15) is 0 Å². The number of nitrogens with zero attached hydrogens (tertiary/aromatic N) is 1. The average Bonchev–Trinajstić information content (AvgIpc) is 3.00. The summed E-state index contributed by atoms with van der Waals surface area (Å²) >= 11 is 7.45. The van der Waals surface area contributed by atoms with E-state index in [1.807, 2.05) is 0 Å². The number of thiocarbonyl (C=S) groups is 1. The molecule has 2 N–H and O–H groups in total. The van der Waals surface area contributed by atoms with E-state index in [0.29, 0.717) is 0 Å². The first-order valence-electron chi connectivity index (χ1n) is 7.90. The van der Waals surface area contributed by atoms with E-state index in [1.165, 1.54) is 20.9 Å². The summed E-state index contributed by atoms with van der Waals surface area (Å²) in [6.07, 6.45) is 0. The molecule has 0 aliphatic carbocycles. The minimum absolute atomic E-state index is 0.794. The zero-order valence-electron chi connectivity index (χ0n) is 14.3. The SMILES string of the molecule is Cc1ccc(NC(=S)N(CC[NH+](C)C)Cc2cccs2)cc1C. The van der Waals surface area contributed by atoms with Crippen molar-refractivity contribution in [3.05, 3.63) is 51.7 Å². The third-order valence-corrected chi connectivity index (χ3v) is 5.08. The van der Waals surface area contributed by atoms with Crippen molar-refractivity contribution in [2.24, 2.45) is 0 Å². The van der Waals surface area contributed by atoms with E-state index in [4.69, 9.17) is 12.2 Å². The first-order valence-corrected chi connectivity index (χ1v) is 9.19. The van der Waals surface area contributed by atoms with E-state index < -0.39 is 0 Å². The van der Waals surface area contributed by atoms with Crippen molar-refractivity contribution in [1.29, 1.82) is 0 Å². The molecule has 1 aromatic carbocycles.